The highest BCUT2D eigenvalue weighted by Gasteiger charge is 2.72. The number of amides is 1. The second-order valence-electron chi connectivity index (χ2n) is 9.42. The number of aromatic nitrogens is 1. The Balaban J connectivity index is 1.15. The van der Waals surface area contributed by atoms with E-state index in [2.05, 4.69) is 47.3 Å². The van der Waals surface area contributed by atoms with Crippen LogP contribution in [0.25, 0.3) is 10.6 Å². The first kappa shape index (κ1) is 20.5. The van der Waals surface area contributed by atoms with Crippen molar-refractivity contribution in [2.24, 2.45) is 5.41 Å². The van der Waals surface area contributed by atoms with Crippen LogP contribution < -0.4 is 10.1 Å². The van der Waals surface area contributed by atoms with E-state index in [0.717, 1.165) is 29.3 Å². The second-order valence-corrected chi connectivity index (χ2v) is 10.3. The van der Waals surface area contributed by atoms with Gasteiger partial charge in [0.05, 0.1) is 13.2 Å². The first-order valence-corrected chi connectivity index (χ1v) is 12.3. The molecule has 3 aromatic rings. The van der Waals surface area contributed by atoms with Gasteiger partial charge in [0, 0.05) is 34.6 Å². The number of nitrogens with zero attached hydrogens (tertiary/aromatic N) is 2. The lowest BCUT2D eigenvalue weighted by molar-refractivity contribution is 0.0935. The van der Waals surface area contributed by atoms with E-state index < -0.39 is 0 Å². The molecule has 5 nitrogen and oxygen atoms in total. The molecule has 3 aliphatic rings. The third-order valence-corrected chi connectivity index (χ3v) is 8.55. The molecule has 1 spiro atoms. The summed E-state index contributed by atoms with van der Waals surface area (Å²) >= 11 is 1.51. The van der Waals surface area contributed by atoms with Gasteiger partial charge < -0.3 is 15.0 Å². The maximum atomic E-state index is 12.9. The number of methoxy groups -OCH3 is 1. The fraction of sp³-hybridized carbons (Fsp3) is 0.333. The van der Waals surface area contributed by atoms with Crippen molar-refractivity contribution < 1.29 is 9.53 Å². The predicted octanol–water partition coefficient (Wildman–Crippen LogP) is 5.10. The summed E-state index contributed by atoms with van der Waals surface area (Å²) in [6.07, 6.45) is 4.48. The minimum absolute atomic E-state index is 0.0723. The van der Waals surface area contributed by atoms with Gasteiger partial charge >= 0.3 is 0 Å². The van der Waals surface area contributed by atoms with Crippen molar-refractivity contribution in [2.45, 2.75) is 45.3 Å². The van der Waals surface area contributed by atoms with E-state index in [-0.39, 0.29) is 11.9 Å². The Labute approximate surface area is 198 Å². The average molecular weight is 458 g/mol. The molecule has 1 aliphatic heterocycles. The average Bonchev–Trinajstić information content (AvgIpc) is 3.12. The van der Waals surface area contributed by atoms with Gasteiger partial charge in [-0.2, -0.15) is 0 Å². The fourth-order valence-electron chi connectivity index (χ4n) is 5.63. The summed E-state index contributed by atoms with van der Waals surface area (Å²) in [5.74, 6) is 0.860. The molecule has 3 unspecified atom stereocenters. The molecule has 1 N–H and O–H groups in total. The van der Waals surface area contributed by atoms with Crippen molar-refractivity contribution in [3.63, 3.8) is 0 Å². The maximum absolute atomic E-state index is 12.9. The van der Waals surface area contributed by atoms with Gasteiger partial charge in [0.2, 0.25) is 0 Å². The van der Waals surface area contributed by atoms with Gasteiger partial charge in [0.25, 0.3) is 5.91 Å². The number of ether oxygens (including phenoxy) is 1. The van der Waals surface area contributed by atoms with Crippen molar-refractivity contribution in [1.82, 2.24) is 15.2 Å². The summed E-state index contributed by atoms with van der Waals surface area (Å²) in [7, 11) is 1.72. The minimum Gasteiger partial charge on any atom is -0.496 e. The maximum Gasteiger partial charge on any atom is 0.271 e. The van der Waals surface area contributed by atoms with E-state index in [1.54, 1.807) is 7.11 Å². The molecule has 2 aromatic carbocycles. The third kappa shape index (κ3) is 3.19. The molecule has 3 atom stereocenters. The molecule has 2 heterocycles. The van der Waals surface area contributed by atoms with Crippen molar-refractivity contribution in [1.29, 1.82) is 0 Å². The van der Waals surface area contributed by atoms with Crippen LogP contribution in [0.4, 0.5) is 0 Å². The first-order chi connectivity index (χ1) is 16.0. The quantitative estimate of drug-likeness (QED) is 0.560. The lowest BCUT2D eigenvalue weighted by Gasteiger charge is -2.41. The molecule has 0 radical (unpaired) electrons. The van der Waals surface area contributed by atoms with Crippen LogP contribution in [-0.2, 0) is 6.54 Å². The minimum atomic E-state index is -0.0849. The number of rotatable bonds is 6. The van der Waals surface area contributed by atoms with E-state index in [4.69, 9.17) is 4.74 Å². The third-order valence-electron chi connectivity index (χ3n) is 7.66. The van der Waals surface area contributed by atoms with Gasteiger partial charge in [0.15, 0.2) is 0 Å². The van der Waals surface area contributed by atoms with E-state index in [0.29, 0.717) is 17.2 Å². The fourth-order valence-corrected chi connectivity index (χ4v) is 6.44. The van der Waals surface area contributed by atoms with Crippen LogP contribution in [0.3, 0.4) is 0 Å². The van der Waals surface area contributed by atoms with Crippen molar-refractivity contribution in [2.75, 3.05) is 7.11 Å². The van der Waals surface area contributed by atoms with Gasteiger partial charge in [0.1, 0.15) is 16.5 Å². The lowest BCUT2D eigenvalue weighted by atomic mass is 9.92. The largest absolute Gasteiger partial charge is 0.496 e. The van der Waals surface area contributed by atoms with E-state index in [9.17, 15) is 4.79 Å². The van der Waals surface area contributed by atoms with Crippen molar-refractivity contribution >= 4 is 17.2 Å². The van der Waals surface area contributed by atoms with Crippen LogP contribution in [0, 0.1) is 19.3 Å². The van der Waals surface area contributed by atoms with Gasteiger partial charge in [-0.05, 0) is 55.5 Å². The summed E-state index contributed by atoms with van der Waals surface area (Å²) in [4.78, 5) is 20.0. The summed E-state index contributed by atoms with van der Waals surface area (Å²) < 4.78 is 5.47. The highest BCUT2D eigenvalue weighted by molar-refractivity contribution is 7.13. The summed E-state index contributed by atoms with van der Waals surface area (Å²) in [6.45, 7) is 5.22. The van der Waals surface area contributed by atoms with Crippen molar-refractivity contribution in [3.8, 4) is 16.3 Å². The topological polar surface area (TPSA) is 54.5 Å². The predicted molar refractivity (Wildman–Crippen MR) is 130 cm³/mol. The Morgan fingerprint density at radius 1 is 1.18 bits per heavy atom. The van der Waals surface area contributed by atoms with Crippen LogP contribution >= 0.6 is 11.3 Å². The molecular weight excluding hydrogens is 430 g/mol. The van der Waals surface area contributed by atoms with E-state index in [1.807, 2.05) is 35.7 Å². The first-order valence-electron chi connectivity index (χ1n) is 11.4. The molecule has 1 saturated carbocycles. The summed E-state index contributed by atoms with van der Waals surface area (Å²) in [5.41, 5.74) is 7.11. The molecule has 1 amide bonds. The number of carbonyl (C=O) groups excluding carboxylic acids is 1. The second kappa shape index (κ2) is 7.45. The van der Waals surface area contributed by atoms with Crippen LogP contribution in [0.15, 0.2) is 59.6 Å². The molecule has 33 heavy (non-hydrogen) atoms. The van der Waals surface area contributed by atoms with Crippen LogP contribution in [0.1, 0.15) is 40.0 Å². The summed E-state index contributed by atoms with van der Waals surface area (Å²) in [5, 5.41) is 5.95. The van der Waals surface area contributed by atoms with Crippen molar-refractivity contribution in [3.05, 3.63) is 82.0 Å². The molecule has 1 aromatic heterocycles. The normalized spacial score (nSPS) is 24.5. The number of likely N-dealkylation sites (tertiary alicyclic amines) is 1. The number of benzene rings is 2. The molecule has 1 saturated heterocycles. The number of carbonyl (C=O) groups is 1. The van der Waals surface area contributed by atoms with Crippen LogP contribution in [0.5, 0.6) is 5.75 Å². The van der Waals surface area contributed by atoms with Gasteiger partial charge in [-0.25, -0.2) is 4.98 Å². The van der Waals surface area contributed by atoms with Crippen LogP contribution in [0.2, 0.25) is 0 Å². The molecule has 168 valence electrons. The Morgan fingerprint density at radius 2 is 2.00 bits per heavy atom. The highest BCUT2D eigenvalue weighted by atomic mass is 32.1. The smallest absolute Gasteiger partial charge is 0.271 e. The van der Waals surface area contributed by atoms with Crippen LogP contribution in [-0.4, -0.2) is 35.0 Å². The molecule has 0 bridgehead atoms. The van der Waals surface area contributed by atoms with Gasteiger partial charge in [-0.3, -0.25) is 4.79 Å². The zero-order chi connectivity index (χ0) is 22.7. The van der Waals surface area contributed by atoms with E-state index >= 15 is 0 Å². The lowest BCUT2D eigenvalue weighted by Crippen LogP contribution is -2.42. The molecular formula is C27H27N3O2S. The number of hydrogen-bond acceptors (Lipinski definition) is 5. The summed E-state index contributed by atoms with van der Waals surface area (Å²) in [6, 6.07) is 14.9. The van der Waals surface area contributed by atoms with E-state index in [1.165, 1.54) is 40.1 Å². The Kier molecular flexibility index (Phi) is 4.63. The zero-order valence-electron chi connectivity index (χ0n) is 19.1. The standard InChI is InChI=1S/C27H27N3O2S/c1-16-17(2)22(32-3)10-9-19(16)14-30-23-11-20(12-27(23)13-24(27)30)28-25(31)21-15-33-26(29-21)18-7-5-4-6-8-18/h4-11,15,20,24H,12-14H2,1-3H3,(H,28,31). The van der Waals surface area contributed by atoms with Gasteiger partial charge in [-0.1, -0.05) is 36.4 Å². The molecule has 6 heteroatoms. The molecule has 6 rings (SSSR count). The highest BCUT2D eigenvalue weighted by Crippen LogP contribution is 2.71. The number of nitrogens with one attached hydrogen (secondary N) is 1. The molecule has 2 fully saturated rings. The Bertz CT molecular complexity index is 1280. The number of thiazole rings is 1. The molecule has 2 aliphatic carbocycles. The SMILES string of the molecule is COc1ccc(CN2C3=CC(NC(=O)c4csc(-c5ccccc5)n4)CC34CC24)c(C)c1C. The monoisotopic (exact) mass is 457 g/mol. The Morgan fingerprint density at radius 3 is 2.79 bits per heavy atom. The zero-order valence-corrected chi connectivity index (χ0v) is 19.9. The number of hydrogen-bond donors (Lipinski definition) is 1. The van der Waals surface area contributed by atoms with Gasteiger partial charge in [-0.15, -0.1) is 11.3 Å². The Hall–Kier alpha value is -3.12.